The Labute approximate surface area is 188 Å². The summed E-state index contributed by atoms with van der Waals surface area (Å²) in [6.07, 6.45) is 0. The second kappa shape index (κ2) is 9.08. The summed E-state index contributed by atoms with van der Waals surface area (Å²) in [4.78, 5) is 7.33. The molecule has 1 aromatic heterocycles. The molecule has 2 heterocycles. The van der Waals surface area contributed by atoms with Gasteiger partial charge in [0.15, 0.2) is 5.13 Å². The molecule has 164 valence electrons. The summed E-state index contributed by atoms with van der Waals surface area (Å²) in [5.41, 5.74) is 5.35. The van der Waals surface area contributed by atoms with Crippen LogP contribution in [-0.2, 0) is 16.6 Å². The third kappa shape index (κ3) is 5.15. The van der Waals surface area contributed by atoms with E-state index in [9.17, 15) is 8.42 Å². The maximum absolute atomic E-state index is 13.0. The molecule has 0 saturated carbocycles. The molecule has 0 spiro atoms. The van der Waals surface area contributed by atoms with E-state index in [0.29, 0.717) is 31.1 Å². The minimum absolute atomic E-state index is 0.385. The van der Waals surface area contributed by atoms with Crippen molar-refractivity contribution in [3.05, 3.63) is 70.2 Å². The van der Waals surface area contributed by atoms with E-state index < -0.39 is 10.0 Å². The summed E-state index contributed by atoms with van der Waals surface area (Å²) in [5.74, 6) is 0. The molecule has 1 aliphatic rings. The van der Waals surface area contributed by atoms with Crippen molar-refractivity contribution in [2.75, 3.05) is 31.5 Å². The van der Waals surface area contributed by atoms with E-state index in [-0.39, 0.29) is 0 Å². The average Bonchev–Trinajstić information content (AvgIpc) is 3.19. The van der Waals surface area contributed by atoms with Crippen molar-refractivity contribution in [3.8, 4) is 0 Å². The predicted molar refractivity (Wildman–Crippen MR) is 127 cm³/mol. The third-order valence-corrected chi connectivity index (χ3v) is 8.39. The van der Waals surface area contributed by atoms with Gasteiger partial charge in [-0.1, -0.05) is 23.8 Å². The van der Waals surface area contributed by atoms with Gasteiger partial charge in [-0.2, -0.15) is 4.31 Å². The van der Waals surface area contributed by atoms with E-state index in [1.54, 1.807) is 27.8 Å². The monoisotopic (exact) mass is 456 g/mol. The van der Waals surface area contributed by atoms with Crippen LogP contribution in [0.3, 0.4) is 0 Å². The summed E-state index contributed by atoms with van der Waals surface area (Å²) in [6, 6.07) is 13.6. The summed E-state index contributed by atoms with van der Waals surface area (Å²) in [7, 11) is -3.45. The second-order valence-corrected chi connectivity index (χ2v) is 10.9. The van der Waals surface area contributed by atoms with E-state index in [2.05, 4.69) is 39.6 Å². The average molecular weight is 457 g/mol. The number of hydrogen-bond donors (Lipinski definition) is 1. The lowest BCUT2D eigenvalue weighted by molar-refractivity contribution is 0.180. The molecular weight excluding hydrogens is 428 g/mol. The van der Waals surface area contributed by atoms with Crippen LogP contribution in [0.5, 0.6) is 0 Å². The predicted octanol–water partition coefficient (Wildman–Crippen LogP) is 4.32. The van der Waals surface area contributed by atoms with Gasteiger partial charge in [0, 0.05) is 43.8 Å². The van der Waals surface area contributed by atoms with E-state index in [4.69, 9.17) is 0 Å². The number of nitrogens with zero attached hydrogens (tertiary/aromatic N) is 3. The normalized spacial score (nSPS) is 15.8. The van der Waals surface area contributed by atoms with E-state index >= 15 is 0 Å². The fraction of sp³-hybridized carbons (Fsp3) is 0.348. The lowest BCUT2D eigenvalue weighted by Crippen LogP contribution is -2.48. The second-order valence-electron chi connectivity index (χ2n) is 8.06. The SMILES string of the molecule is Cc1ccc(Nc2nc(CN3CCN(S(=O)(=O)c4ccc(C)c(C)c4)CC3)cs2)cc1. The molecule has 1 N–H and O–H groups in total. The lowest BCUT2D eigenvalue weighted by Gasteiger charge is -2.33. The van der Waals surface area contributed by atoms with Gasteiger partial charge in [0.25, 0.3) is 0 Å². The van der Waals surface area contributed by atoms with Crippen molar-refractivity contribution in [1.82, 2.24) is 14.2 Å². The smallest absolute Gasteiger partial charge is 0.243 e. The van der Waals surface area contributed by atoms with Crippen LogP contribution in [0.1, 0.15) is 22.4 Å². The first kappa shape index (κ1) is 22.0. The molecule has 31 heavy (non-hydrogen) atoms. The molecule has 8 heteroatoms. The molecule has 0 unspecified atom stereocenters. The minimum Gasteiger partial charge on any atom is -0.332 e. The molecule has 0 amide bonds. The van der Waals surface area contributed by atoms with E-state index in [1.165, 1.54) is 5.56 Å². The number of hydrogen-bond acceptors (Lipinski definition) is 6. The third-order valence-electron chi connectivity index (χ3n) is 5.69. The number of aryl methyl sites for hydroxylation is 3. The Bertz CT molecular complexity index is 1150. The molecule has 0 bridgehead atoms. The highest BCUT2D eigenvalue weighted by atomic mass is 32.2. The molecule has 0 atom stereocenters. The quantitative estimate of drug-likeness (QED) is 0.598. The Morgan fingerprint density at radius 1 is 0.968 bits per heavy atom. The Hall–Kier alpha value is -2.26. The zero-order valence-electron chi connectivity index (χ0n) is 18.1. The number of sulfonamides is 1. The van der Waals surface area contributed by atoms with Crippen LogP contribution in [0.2, 0.25) is 0 Å². The zero-order chi connectivity index (χ0) is 22.0. The zero-order valence-corrected chi connectivity index (χ0v) is 19.8. The highest BCUT2D eigenvalue weighted by Gasteiger charge is 2.28. The first-order valence-electron chi connectivity index (χ1n) is 10.4. The summed E-state index contributed by atoms with van der Waals surface area (Å²) in [6.45, 7) is 9.11. The van der Waals surface area contributed by atoms with Gasteiger partial charge in [-0.15, -0.1) is 11.3 Å². The fourth-order valence-electron chi connectivity index (χ4n) is 3.58. The molecule has 1 saturated heterocycles. The molecule has 2 aromatic carbocycles. The van der Waals surface area contributed by atoms with Crippen LogP contribution >= 0.6 is 11.3 Å². The van der Waals surface area contributed by atoms with Crippen LogP contribution in [0.25, 0.3) is 0 Å². The topological polar surface area (TPSA) is 65.5 Å². The molecule has 0 radical (unpaired) electrons. The maximum Gasteiger partial charge on any atom is 0.243 e. The molecule has 6 nitrogen and oxygen atoms in total. The number of anilines is 2. The van der Waals surface area contributed by atoms with Crippen molar-refractivity contribution in [3.63, 3.8) is 0 Å². The molecular formula is C23H28N4O2S2. The summed E-state index contributed by atoms with van der Waals surface area (Å²) < 4.78 is 27.6. The number of piperazine rings is 1. The number of nitrogens with one attached hydrogen (secondary N) is 1. The Kier molecular flexibility index (Phi) is 6.43. The van der Waals surface area contributed by atoms with Gasteiger partial charge in [-0.3, -0.25) is 4.90 Å². The van der Waals surface area contributed by atoms with Crippen molar-refractivity contribution in [2.45, 2.75) is 32.2 Å². The van der Waals surface area contributed by atoms with Crippen LogP contribution in [0, 0.1) is 20.8 Å². The summed E-state index contributed by atoms with van der Waals surface area (Å²) in [5, 5.41) is 6.28. The van der Waals surface area contributed by atoms with Crippen LogP contribution in [0.15, 0.2) is 52.7 Å². The number of aromatic nitrogens is 1. The van der Waals surface area contributed by atoms with Crippen molar-refractivity contribution < 1.29 is 8.42 Å². The molecule has 0 aliphatic carbocycles. The van der Waals surface area contributed by atoms with Gasteiger partial charge in [0.1, 0.15) is 0 Å². The van der Waals surface area contributed by atoms with Crippen LogP contribution in [0.4, 0.5) is 10.8 Å². The lowest BCUT2D eigenvalue weighted by atomic mass is 10.1. The van der Waals surface area contributed by atoms with Crippen molar-refractivity contribution in [1.29, 1.82) is 0 Å². The van der Waals surface area contributed by atoms with Crippen molar-refractivity contribution >= 4 is 32.2 Å². The molecule has 1 aliphatic heterocycles. The molecule has 4 rings (SSSR count). The first-order valence-corrected chi connectivity index (χ1v) is 12.7. The van der Waals surface area contributed by atoms with Gasteiger partial charge >= 0.3 is 0 Å². The summed E-state index contributed by atoms with van der Waals surface area (Å²) >= 11 is 1.59. The first-order chi connectivity index (χ1) is 14.8. The van der Waals surface area contributed by atoms with E-state index in [1.807, 2.05) is 32.0 Å². The van der Waals surface area contributed by atoms with Crippen molar-refractivity contribution in [2.24, 2.45) is 0 Å². The van der Waals surface area contributed by atoms with Gasteiger partial charge in [0.05, 0.1) is 10.6 Å². The fourth-order valence-corrected chi connectivity index (χ4v) is 5.81. The van der Waals surface area contributed by atoms with Crippen LogP contribution < -0.4 is 5.32 Å². The van der Waals surface area contributed by atoms with Gasteiger partial charge < -0.3 is 5.32 Å². The minimum atomic E-state index is -3.45. The Morgan fingerprint density at radius 2 is 1.68 bits per heavy atom. The van der Waals surface area contributed by atoms with E-state index in [0.717, 1.165) is 34.2 Å². The maximum atomic E-state index is 13.0. The highest BCUT2D eigenvalue weighted by molar-refractivity contribution is 7.89. The highest BCUT2D eigenvalue weighted by Crippen LogP contribution is 2.24. The number of thiazole rings is 1. The van der Waals surface area contributed by atoms with Gasteiger partial charge in [-0.05, 0) is 56.2 Å². The Balaban J connectivity index is 1.33. The van der Waals surface area contributed by atoms with Gasteiger partial charge in [0.2, 0.25) is 10.0 Å². The van der Waals surface area contributed by atoms with Crippen LogP contribution in [-0.4, -0.2) is 48.8 Å². The van der Waals surface area contributed by atoms with Gasteiger partial charge in [-0.25, -0.2) is 13.4 Å². The standard InChI is InChI=1S/C23H28N4O2S2/c1-17-4-7-20(8-5-17)24-23-25-21(16-30-23)15-26-10-12-27(13-11-26)31(28,29)22-9-6-18(2)19(3)14-22/h4-9,14,16H,10-13,15H2,1-3H3,(H,24,25). The molecule has 3 aromatic rings. The number of benzene rings is 2. The molecule has 1 fully saturated rings. The largest absolute Gasteiger partial charge is 0.332 e. The Morgan fingerprint density at radius 3 is 2.35 bits per heavy atom. The number of rotatable bonds is 6.